The molecule has 0 aliphatic heterocycles. The summed E-state index contributed by atoms with van der Waals surface area (Å²) < 4.78 is 7.08. The van der Waals surface area contributed by atoms with Crippen molar-refractivity contribution < 1.29 is 9.53 Å². The molecule has 152 valence electrons. The van der Waals surface area contributed by atoms with Crippen LogP contribution in [0.2, 0.25) is 0 Å². The smallest absolute Gasteiger partial charge is 0.224 e. The zero-order chi connectivity index (χ0) is 20.8. The summed E-state index contributed by atoms with van der Waals surface area (Å²) in [5.74, 6) is 2.72. The minimum absolute atomic E-state index is 0.0569. The van der Waals surface area contributed by atoms with E-state index < -0.39 is 0 Å². The molecule has 0 saturated heterocycles. The Morgan fingerprint density at radius 1 is 1.10 bits per heavy atom. The molecule has 1 aromatic carbocycles. The SMILES string of the molecule is COc1ccccc1CC(=O)NCCNc1cc(-n2nc(C)cc2C)nc(C)n1. The molecule has 3 rings (SSSR count). The van der Waals surface area contributed by atoms with Gasteiger partial charge >= 0.3 is 0 Å². The first-order valence-corrected chi connectivity index (χ1v) is 9.48. The second-order valence-corrected chi connectivity index (χ2v) is 6.76. The number of hydrogen-bond acceptors (Lipinski definition) is 6. The number of benzene rings is 1. The highest BCUT2D eigenvalue weighted by Gasteiger charge is 2.09. The molecule has 2 heterocycles. The maximum Gasteiger partial charge on any atom is 0.224 e. The number of hydrogen-bond donors (Lipinski definition) is 2. The minimum atomic E-state index is -0.0569. The Balaban J connectivity index is 1.54. The van der Waals surface area contributed by atoms with Gasteiger partial charge in [0.1, 0.15) is 17.4 Å². The van der Waals surface area contributed by atoms with Crippen LogP contribution in [0.15, 0.2) is 36.4 Å². The number of aromatic nitrogens is 4. The van der Waals surface area contributed by atoms with E-state index >= 15 is 0 Å². The fourth-order valence-corrected chi connectivity index (χ4v) is 3.09. The third-order valence-corrected chi connectivity index (χ3v) is 4.35. The Labute approximate surface area is 170 Å². The first-order valence-electron chi connectivity index (χ1n) is 9.48. The van der Waals surface area contributed by atoms with E-state index in [9.17, 15) is 4.79 Å². The van der Waals surface area contributed by atoms with Crippen LogP contribution in [0.4, 0.5) is 5.82 Å². The summed E-state index contributed by atoms with van der Waals surface area (Å²) in [6.07, 6.45) is 0.276. The predicted molar refractivity (Wildman–Crippen MR) is 112 cm³/mol. The molecule has 0 radical (unpaired) electrons. The lowest BCUT2D eigenvalue weighted by molar-refractivity contribution is -0.120. The fourth-order valence-electron chi connectivity index (χ4n) is 3.09. The molecule has 8 nitrogen and oxygen atoms in total. The first-order chi connectivity index (χ1) is 14.0. The third kappa shape index (κ3) is 5.31. The highest BCUT2D eigenvalue weighted by atomic mass is 16.5. The summed E-state index contributed by atoms with van der Waals surface area (Å²) in [4.78, 5) is 21.1. The molecule has 3 aromatic rings. The van der Waals surface area contributed by atoms with Crippen LogP contribution in [-0.4, -0.2) is 45.9 Å². The molecule has 1 amide bonds. The van der Waals surface area contributed by atoms with E-state index in [0.29, 0.717) is 36.3 Å². The molecule has 0 unspecified atom stereocenters. The van der Waals surface area contributed by atoms with E-state index in [2.05, 4.69) is 25.7 Å². The monoisotopic (exact) mass is 394 g/mol. The number of nitrogens with one attached hydrogen (secondary N) is 2. The van der Waals surface area contributed by atoms with Crippen LogP contribution >= 0.6 is 0 Å². The number of nitrogens with zero attached hydrogens (tertiary/aromatic N) is 4. The molecule has 0 saturated carbocycles. The molecule has 0 atom stereocenters. The van der Waals surface area contributed by atoms with Crippen molar-refractivity contribution in [2.75, 3.05) is 25.5 Å². The Bertz CT molecular complexity index is 999. The number of carbonyl (C=O) groups excluding carboxylic acids is 1. The van der Waals surface area contributed by atoms with Crippen molar-refractivity contribution in [1.29, 1.82) is 0 Å². The van der Waals surface area contributed by atoms with E-state index in [0.717, 1.165) is 17.0 Å². The van der Waals surface area contributed by atoms with Gasteiger partial charge < -0.3 is 15.4 Å². The van der Waals surface area contributed by atoms with Gasteiger partial charge in [0.2, 0.25) is 5.91 Å². The van der Waals surface area contributed by atoms with E-state index in [1.807, 2.05) is 57.2 Å². The number of rotatable bonds is 8. The van der Waals surface area contributed by atoms with Crippen molar-refractivity contribution in [2.45, 2.75) is 27.2 Å². The zero-order valence-electron chi connectivity index (χ0n) is 17.2. The molecule has 2 aromatic heterocycles. The van der Waals surface area contributed by atoms with Crippen LogP contribution in [0.1, 0.15) is 22.8 Å². The number of para-hydroxylation sites is 1. The van der Waals surface area contributed by atoms with Crippen molar-refractivity contribution in [3.8, 4) is 11.6 Å². The molecule has 2 N–H and O–H groups in total. The highest BCUT2D eigenvalue weighted by molar-refractivity contribution is 5.79. The second kappa shape index (κ2) is 9.18. The lowest BCUT2D eigenvalue weighted by atomic mass is 10.1. The van der Waals surface area contributed by atoms with Gasteiger partial charge in [0.15, 0.2) is 5.82 Å². The molecule has 0 aliphatic rings. The summed E-state index contributed by atoms with van der Waals surface area (Å²) in [5.41, 5.74) is 2.81. The summed E-state index contributed by atoms with van der Waals surface area (Å²) in [6, 6.07) is 11.4. The zero-order valence-corrected chi connectivity index (χ0v) is 17.2. The largest absolute Gasteiger partial charge is 0.496 e. The van der Waals surface area contributed by atoms with Crippen molar-refractivity contribution in [3.63, 3.8) is 0 Å². The van der Waals surface area contributed by atoms with Gasteiger partial charge in [-0.05, 0) is 32.9 Å². The van der Waals surface area contributed by atoms with Gasteiger partial charge in [0, 0.05) is 30.4 Å². The van der Waals surface area contributed by atoms with Gasteiger partial charge in [-0.15, -0.1) is 0 Å². The standard InChI is InChI=1S/C21H26N6O2/c1-14-11-15(2)27(26-14)20-13-19(24-16(3)25-20)22-9-10-23-21(28)12-17-7-5-6-8-18(17)29-4/h5-8,11,13H,9-10,12H2,1-4H3,(H,23,28)(H,22,24,25). The Kier molecular flexibility index (Phi) is 6.43. The Hall–Kier alpha value is -3.42. The molecule has 29 heavy (non-hydrogen) atoms. The van der Waals surface area contributed by atoms with Crippen LogP contribution in [0.5, 0.6) is 5.75 Å². The fraction of sp³-hybridized carbons (Fsp3) is 0.333. The van der Waals surface area contributed by atoms with Gasteiger partial charge in [-0.25, -0.2) is 14.6 Å². The first kappa shape index (κ1) is 20.3. The summed E-state index contributed by atoms with van der Waals surface area (Å²) in [7, 11) is 1.60. The van der Waals surface area contributed by atoms with Crippen molar-refractivity contribution >= 4 is 11.7 Å². The number of ether oxygens (including phenoxy) is 1. The van der Waals surface area contributed by atoms with E-state index in [1.165, 1.54) is 0 Å². The van der Waals surface area contributed by atoms with E-state index in [1.54, 1.807) is 11.8 Å². The minimum Gasteiger partial charge on any atom is -0.496 e. The number of amides is 1. The molecule has 0 fully saturated rings. The summed E-state index contributed by atoms with van der Waals surface area (Å²) in [6.45, 7) is 6.80. The number of aryl methyl sites for hydroxylation is 3. The van der Waals surface area contributed by atoms with E-state index in [4.69, 9.17) is 4.74 Å². The molecular weight excluding hydrogens is 368 g/mol. The molecule has 0 spiro atoms. The lowest BCUT2D eigenvalue weighted by Gasteiger charge is -2.11. The highest BCUT2D eigenvalue weighted by Crippen LogP contribution is 2.17. The normalized spacial score (nSPS) is 10.6. The summed E-state index contributed by atoms with van der Waals surface area (Å²) in [5, 5.41) is 10.6. The molecule has 0 bridgehead atoms. The number of methoxy groups -OCH3 is 1. The van der Waals surface area contributed by atoms with Gasteiger partial charge in [-0.3, -0.25) is 4.79 Å². The second-order valence-electron chi connectivity index (χ2n) is 6.76. The Morgan fingerprint density at radius 2 is 1.90 bits per heavy atom. The summed E-state index contributed by atoms with van der Waals surface area (Å²) >= 11 is 0. The molecule has 0 aliphatic carbocycles. The lowest BCUT2D eigenvalue weighted by Crippen LogP contribution is -2.30. The van der Waals surface area contributed by atoms with Crippen LogP contribution in [0, 0.1) is 20.8 Å². The van der Waals surface area contributed by atoms with Gasteiger partial charge in [0.25, 0.3) is 0 Å². The molecule has 8 heteroatoms. The predicted octanol–water partition coefficient (Wildman–Crippen LogP) is 2.37. The molecular formula is C21H26N6O2. The van der Waals surface area contributed by atoms with Crippen molar-refractivity contribution in [2.24, 2.45) is 0 Å². The number of carbonyl (C=O) groups is 1. The van der Waals surface area contributed by atoms with Gasteiger partial charge in [0.05, 0.1) is 19.2 Å². The average Bonchev–Trinajstić information content (AvgIpc) is 3.03. The van der Waals surface area contributed by atoms with Crippen LogP contribution in [0.3, 0.4) is 0 Å². The van der Waals surface area contributed by atoms with E-state index in [-0.39, 0.29) is 12.3 Å². The van der Waals surface area contributed by atoms with Crippen LogP contribution < -0.4 is 15.4 Å². The Morgan fingerprint density at radius 3 is 2.62 bits per heavy atom. The maximum atomic E-state index is 12.2. The number of anilines is 1. The topological polar surface area (TPSA) is 94.0 Å². The maximum absolute atomic E-state index is 12.2. The third-order valence-electron chi connectivity index (χ3n) is 4.35. The van der Waals surface area contributed by atoms with Gasteiger partial charge in [-0.1, -0.05) is 18.2 Å². The van der Waals surface area contributed by atoms with Crippen molar-refractivity contribution in [1.82, 2.24) is 25.1 Å². The van der Waals surface area contributed by atoms with Crippen LogP contribution in [-0.2, 0) is 11.2 Å². The quantitative estimate of drug-likeness (QED) is 0.570. The van der Waals surface area contributed by atoms with Gasteiger partial charge in [-0.2, -0.15) is 5.10 Å². The average molecular weight is 394 g/mol. The van der Waals surface area contributed by atoms with Crippen LogP contribution in [0.25, 0.3) is 5.82 Å². The van der Waals surface area contributed by atoms with Crippen molar-refractivity contribution in [3.05, 3.63) is 59.2 Å².